The van der Waals surface area contributed by atoms with E-state index in [-0.39, 0.29) is 6.10 Å². The van der Waals surface area contributed by atoms with Gasteiger partial charge in [0.1, 0.15) is 0 Å². The van der Waals surface area contributed by atoms with Crippen LogP contribution in [-0.4, -0.2) is 73.9 Å². The van der Waals surface area contributed by atoms with E-state index in [1.165, 1.54) is 25.9 Å². The van der Waals surface area contributed by atoms with Crippen LogP contribution in [0.2, 0.25) is 0 Å². The van der Waals surface area contributed by atoms with Crippen molar-refractivity contribution in [3.05, 3.63) is 0 Å². The number of likely N-dealkylation sites (N-methyl/N-ethyl adjacent to an activating group) is 1. The smallest absolute Gasteiger partial charge is 0.0791 e. The first-order valence-corrected chi connectivity index (χ1v) is 7.45. The van der Waals surface area contributed by atoms with E-state index in [1.54, 1.807) is 0 Å². The first kappa shape index (κ1) is 15.9. The van der Waals surface area contributed by atoms with Crippen LogP contribution in [0.4, 0.5) is 0 Å². The second kappa shape index (κ2) is 8.86. The molecule has 2 N–H and O–H groups in total. The maximum absolute atomic E-state index is 9.94. The molecule has 0 spiro atoms. The lowest BCUT2D eigenvalue weighted by Crippen LogP contribution is -2.41. The summed E-state index contributed by atoms with van der Waals surface area (Å²) in [6.07, 6.45) is 2.34. The van der Waals surface area contributed by atoms with Crippen molar-refractivity contribution in [2.45, 2.75) is 32.8 Å². The van der Waals surface area contributed by atoms with E-state index in [4.69, 9.17) is 0 Å². The van der Waals surface area contributed by atoms with Gasteiger partial charge < -0.3 is 20.2 Å². The molecule has 0 bridgehead atoms. The third-order valence-electron chi connectivity index (χ3n) is 4.01. The Labute approximate surface area is 112 Å². The zero-order valence-corrected chi connectivity index (χ0v) is 12.4. The second-order valence-corrected chi connectivity index (χ2v) is 5.54. The van der Waals surface area contributed by atoms with Crippen LogP contribution in [0, 0.1) is 5.92 Å². The average molecular weight is 257 g/mol. The fourth-order valence-electron chi connectivity index (χ4n) is 2.56. The monoisotopic (exact) mass is 257 g/mol. The van der Waals surface area contributed by atoms with Gasteiger partial charge >= 0.3 is 0 Å². The number of piperidine rings is 1. The van der Waals surface area contributed by atoms with Crippen LogP contribution in [0.25, 0.3) is 0 Å². The summed E-state index contributed by atoms with van der Waals surface area (Å²) in [5, 5.41) is 13.4. The molecule has 0 saturated carbocycles. The van der Waals surface area contributed by atoms with E-state index in [1.807, 2.05) is 0 Å². The van der Waals surface area contributed by atoms with Crippen LogP contribution in [0.5, 0.6) is 0 Å². The first-order chi connectivity index (χ1) is 8.65. The number of aliphatic hydroxyl groups is 1. The normalized spacial score (nSPS) is 20.5. The molecule has 4 heteroatoms. The predicted octanol–water partition coefficient (Wildman–Crippen LogP) is 0.621. The topological polar surface area (TPSA) is 38.7 Å². The lowest BCUT2D eigenvalue weighted by molar-refractivity contribution is 0.114. The molecule has 18 heavy (non-hydrogen) atoms. The number of hydrogen-bond donors (Lipinski definition) is 2. The summed E-state index contributed by atoms with van der Waals surface area (Å²) in [4.78, 5) is 4.66. The van der Waals surface area contributed by atoms with E-state index in [0.717, 1.165) is 38.6 Å². The van der Waals surface area contributed by atoms with E-state index >= 15 is 0 Å². The summed E-state index contributed by atoms with van der Waals surface area (Å²) < 4.78 is 0. The largest absolute Gasteiger partial charge is 0.390 e. The Hall–Kier alpha value is -0.160. The molecule has 0 amide bonds. The Kier molecular flexibility index (Phi) is 7.82. The van der Waals surface area contributed by atoms with Crippen molar-refractivity contribution in [3.63, 3.8) is 0 Å². The van der Waals surface area contributed by atoms with Crippen LogP contribution in [0.3, 0.4) is 0 Å². The minimum atomic E-state index is -0.240. The lowest BCUT2D eigenvalue weighted by Gasteiger charge is -2.29. The molecule has 1 aliphatic rings. The molecule has 108 valence electrons. The number of likely N-dealkylation sites (tertiary alicyclic amines) is 1. The maximum Gasteiger partial charge on any atom is 0.0791 e. The Morgan fingerprint density at radius 2 is 1.89 bits per heavy atom. The number of aliphatic hydroxyl groups excluding tert-OH is 1. The molecule has 1 heterocycles. The van der Waals surface area contributed by atoms with E-state index in [0.29, 0.717) is 0 Å². The Morgan fingerprint density at radius 1 is 1.28 bits per heavy atom. The minimum absolute atomic E-state index is 0.240. The van der Waals surface area contributed by atoms with Gasteiger partial charge in [-0.15, -0.1) is 0 Å². The van der Waals surface area contributed by atoms with E-state index in [2.05, 4.69) is 36.0 Å². The molecule has 0 aromatic heterocycles. The molecule has 0 aromatic carbocycles. The SMILES string of the molecule is CCN(CC)CC(O)CNCC1CCN(C)CC1. The molecule has 1 saturated heterocycles. The van der Waals surface area contributed by atoms with Gasteiger partial charge in [0.05, 0.1) is 6.10 Å². The van der Waals surface area contributed by atoms with Gasteiger partial charge in [-0.25, -0.2) is 0 Å². The van der Waals surface area contributed by atoms with Gasteiger partial charge in [0.2, 0.25) is 0 Å². The highest BCUT2D eigenvalue weighted by molar-refractivity contribution is 4.73. The van der Waals surface area contributed by atoms with Crippen molar-refractivity contribution in [2.24, 2.45) is 5.92 Å². The molecule has 1 atom stereocenters. The summed E-state index contributed by atoms with van der Waals surface area (Å²) in [7, 11) is 2.19. The number of rotatable bonds is 8. The highest BCUT2D eigenvalue weighted by atomic mass is 16.3. The molecule has 4 nitrogen and oxygen atoms in total. The van der Waals surface area contributed by atoms with Gasteiger partial charge in [0.25, 0.3) is 0 Å². The zero-order chi connectivity index (χ0) is 13.4. The van der Waals surface area contributed by atoms with Crippen molar-refractivity contribution < 1.29 is 5.11 Å². The molecule has 1 aliphatic heterocycles. The van der Waals surface area contributed by atoms with Gasteiger partial charge in [0.15, 0.2) is 0 Å². The third kappa shape index (κ3) is 6.14. The standard InChI is InChI=1S/C14H31N3O/c1-4-17(5-2)12-14(18)11-15-10-13-6-8-16(3)9-7-13/h13-15,18H,4-12H2,1-3H3. The van der Waals surface area contributed by atoms with Gasteiger partial charge in [-0.3, -0.25) is 0 Å². The maximum atomic E-state index is 9.94. The quantitative estimate of drug-likeness (QED) is 0.669. The van der Waals surface area contributed by atoms with E-state index in [9.17, 15) is 5.11 Å². The third-order valence-corrected chi connectivity index (χ3v) is 4.01. The van der Waals surface area contributed by atoms with Crippen molar-refractivity contribution in [2.75, 3.05) is 52.9 Å². The van der Waals surface area contributed by atoms with Crippen molar-refractivity contribution in [1.82, 2.24) is 15.1 Å². The van der Waals surface area contributed by atoms with Crippen LogP contribution in [0.1, 0.15) is 26.7 Å². The van der Waals surface area contributed by atoms with Crippen molar-refractivity contribution >= 4 is 0 Å². The minimum Gasteiger partial charge on any atom is -0.390 e. The second-order valence-electron chi connectivity index (χ2n) is 5.54. The highest BCUT2D eigenvalue weighted by Crippen LogP contribution is 2.14. The summed E-state index contributed by atoms with van der Waals surface area (Å²) in [5.41, 5.74) is 0. The van der Waals surface area contributed by atoms with Gasteiger partial charge in [-0.2, -0.15) is 0 Å². The highest BCUT2D eigenvalue weighted by Gasteiger charge is 2.16. The van der Waals surface area contributed by atoms with Crippen LogP contribution >= 0.6 is 0 Å². The first-order valence-electron chi connectivity index (χ1n) is 7.45. The average Bonchev–Trinajstić information content (AvgIpc) is 2.38. The van der Waals surface area contributed by atoms with Crippen molar-refractivity contribution in [1.29, 1.82) is 0 Å². The molecule has 0 aromatic rings. The number of nitrogens with one attached hydrogen (secondary N) is 1. The number of hydrogen-bond acceptors (Lipinski definition) is 4. The molecule has 0 aliphatic carbocycles. The van der Waals surface area contributed by atoms with Gasteiger partial charge in [-0.05, 0) is 58.5 Å². The molecule has 1 rings (SSSR count). The molecule has 0 radical (unpaired) electrons. The Morgan fingerprint density at radius 3 is 2.44 bits per heavy atom. The molecule has 1 fully saturated rings. The van der Waals surface area contributed by atoms with Crippen molar-refractivity contribution in [3.8, 4) is 0 Å². The Bertz CT molecular complexity index is 201. The molecule has 1 unspecified atom stereocenters. The van der Waals surface area contributed by atoms with Crippen LogP contribution < -0.4 is 5.32 Å². The van der Waals surface area contributed by atoms with Gasteiger partial charge in [0, 0.05) is 13.1 Å². The zero-order valence-electron chi connectivity index (χ0n) is 12.4. The lowest BCUT2D eigenvalue weighted by atomic mass is 9.97. The van der Waals surface area contributed by atoms with E-state index < -0.39 is 0 Å². The summed E-state index contributed by atoms with van der Waals surface area (Å²) in [6.45, 7) is 11.3. The number of nitrogens with zero attached hydrogens (tertiary/aromatic N) is 2. The predicted molar refractivity (Wildman–Crippen MR) is 76.9 cm³/mol. The summed E-state index contributed by atoms with van der Waals surface area (Å²) >= 11 is 0. The molecular formula is C14H31N3O. The fraction of sp³-hybridized carbons (Fsp3) is 1.00. The van der Waals surface area contributed by atoms with Crippen LogP contribution in [-0.2, 0) is 0 Å². The molecular weight excluding hydrogens is 226 g/mol. The van der Waals surface area contributed by atoms with Gasteiger partial charge in [-0.1, -0.05) is 13.8 Å². The summed E-state index contributed by atoms with van der Waals surface area (Å²) in [5.74, 6) is 0.793. The Balaban J connectivity index is 2.06. The summed E-state index contributed by atoms with van der Waals surface area (Å²) in [6, 6.07) is 0. The fourth-order valence-corrected chi connectivity index (χ4v) is 2.56. The van der Waals surface area contributed by atoms with Crippen LogP contribution in [0.15, 0.2) is 0 Å².